The summed E-state index contributed by atoms with van der Waals surface area (Å²) in [4.78, 5) is 21.8. The summed E-state index contributed by atoms with van der Waals surface area (Å²) in [6, 6.07) is 3.85. The van der Waals surface area contributed by atoms with Crippen LogP contribution in [0.2, 0.25) is 0 Å². The van der Waals surface area contributed by atoms with Gasteiger partial charge in [0.2, 0.25) is 0 Å². The van der Waals surface area contributed by atoms with E-state index in [0.29, 0.717) is 19.4 Å². The predicted molar refractivity (Wildman–Crippen MR) is 64.6 cm³/mol. The van der Waals surface area contributed by atoms with Crippen LogP contribution in [0.3, 0.4) is 0 Å². The van der Waals surface area contributed by atoms with E-state index in [-0.39, 0.29) is 17.7 Å². The van der Waals surface area contributed by atoms with Crippen LogP contribution in [0.25, 0.3) is 0 Å². The highest BCUT2D eigenvalue weighted by Crippen LogP contribution is 2.11. The smallest absolute Gasteiger partial charge is 0.303 e. The van der Waals surface area contributed by atoms with Gasteiger partial charge in [-0.2, -0.15) is 0 Å². The number of hydrogen-bond acceptors (Lipinski definition) is 3. The molecule has 0 aromatic heterocycles. The Morgan fingerprint density at radius 1 is 1.33 bits per heavy atom. The van der Waals surface area contributed by atoms with Crippen LogP contribution >= 0.6 is 0 Å². The molecule has 0 aliphatic heterocycles. The van der Waals surface area contributed by atoms with Gasteiger partial charge in [0.1, 0.15) is 5.82 Å². The Kier molecular flexibility index (Phi) is 5.10. The van der Waals surface area contributed by atoms with Gasteiger partial charge in [-0.05, 0) is 31.0 Å². The summed E-state index contributed by atoms with van der Waals surface area (Å²) >= 11 is 0. The molecular formula is C12H15FN2O3. The molecule has 1 amide bonds. The molecule has 5 nitrogen and oxygen atoms in total. The number of unbranched alkanes of at least 4 members (excludes halogenated alkanes) is 1. The molecule has 0 fully saturated rings. The Morgan fingerprint density at radius 2 is 2.06 bits per heavy atom. The number of amides is 1. The standard InChI is InChI=1S/C12H15FN2O3/c13-10-7-8(14)4-5-9(10)12(18)15-6-2-1-3-11(16)17/h4-5,7H,1-3,6,14H2,(H,15,18)(H,16,17). The molecule has 0 heterocycles. The number of benzene rings is 1. The number of nitrogens with two attached hydrogens (primary N) is 1. The van der Waals surface area contributed by atoms with Crippen molar-refractivity contribution in [3.63, 3.8) is 0 Å². The lowest BCUT2D eigenvalue weighted by molar-refractivity contribution is -0.137. The lowest BCUT2D eigenvalue weighted by Crippen LogP contribution is -2.25. The van der Waals surface area contributed by atoms with Gasteiger partial charge in [0, 0.05) is 18.7 Å². The van der Waals surface area contributed by atoms with Gasteiger partial charge in [0.25, 0.3) is 5.91 Å². The van der Waals surface area contributed by atoms with Crippen LogP contribution < -0.4 is 11.1 Å². The van der Waals surface area contributed by atoms with Crippen LogP contribution in [0, 0.1) is 5.82 Å². The van der Waals surface area contributed by atoms with Gasteiger partial charge >= 0.3 is 5.97 Å². The molecule has 98 valence electrons. The number of nitrogen functional groups attached to an aromatic ring is 1. The Balaban J connectivity index is 2.39. The number of rotatable bonds is 6. The van der Waals surface area contributed by atoms with Crippen molar-refractivity contribution in [3.05, 3.63) is 29.6 Å². The molecule has 4 N–H and O–H groups in total. The first kappa shape index (κ1) is 14.0. The summed E-state index contributed by atoms with van der Waals surface area (Å²) in [7, 11) is 0. The molecule has 1 aromatic rings. The average Bonchev–Trinajstić information content (AvgIpc) is 2.27. The summed E-state index contributed by atoms with van der Waals surface area (Å²) in [5, 5.41) is 10.9. The van der Waals surface area contributed by atoms with E-state index in [1.165, 1.54) is 12.1 Å². The zero-order valence-corrected chi connectivity index (χ0v) is 9.78. The van der Waals surface area contributed by atoms with Gasteiger partial charge in [0.05, 0.1) is 5.56 Å². The van der Waals surface area contributed by atoms with Gasteiger partial charge in [0.15, 0.2) is 0 Å². The number of aliphatic carboxylic acids is 1. The molecule has 0 unspecified atom stereocenters. The van der Waals surface area contributed by atoms with Crippen molar-refractivity contribution in [2.75, 3.05) is 12.3 Å². The van der Waals surface area contributed by atoms with Crippen molar-refractivity contribution >= 4 is 17.6 Å². The molecule has 1 aromatic carbocycles. The molecule has 0 spiro atoms. The second kappa shape index (κ2) is 6.58. The average molecular weight is 254 g/mol. The van der Waals surface area contributed by atoms with Crippen molar-refractivity contribution in [1.82, 2.24) is 5.32 Å². The van der Waals surface area contributed by atoms with Crippen molar-refractivity contribution < 1.29 is 19.1 Å². The third-order valence-electron chi connectivity index (χ3n) is 2.34. The number of carboxylic acid groups (broad SMARTS) is 1. The van der Waals surface area contributed by atoms with E-state index < -0.39 is 17.7 Å². The van der Waals surface area contributed by atoms with Crippen molar-refractivity contribution in [1.29, 1.82) is 0 Å². The van der Waals surface area contributed by atoms with Crippen molar-refractivity contribution in [2.24, 2.45) is 0 Å². The molecule has 18 heavy (non-hydrogen) atoms. The molecule has 1 rings (SSSR count). The first-order valence-electron chi connectivity index (χ1n) is 5.55. The number of halogens is 1. The Bertz CT molecular complexity index is 449. The Hall–Kier alpha value is -2.11. The number of carbonyl (C=O) groups is 2. The number of carbonyl (C=O) groups excluding carboxylic acids is 1. The first-order valence-corrected chi connectivity index (χ1v) is 5.55. The molecule has 0 bridgehead atoms. The zero-order valence-electron chi connectivity index (χ0n) is 9.78. The highest BCUT2D eigenvalue weighted by Gasteiger charge is 2.10. The highest BCUT2D eigenvalue weighted by atomic mass is 19.1. The topological polar surface area (TPSA) is 92.4 Å². The predicted octanol–water partition coefficient (Wildman–Crippen LogP) is 1.39. The van der Waals surface area contributed by atoms with E-state index in [0.717, 1.165) is 6.07 Å². The second-order valence-corrected chi connectivity index (χ2v) is 3.85. The van der Waals surface area contributed by atoms with Crippen LogP contribution in [0.1, 0.15) is 29.6 Å². The van der Waals surface area contributed by atoms with Crippen molar-refractivity contribution in [2.45, 2.75) is 19.3 Å². The molecular weight excluding hydrogens is 239 g/mol. The molecule has 0 radical (unpaired) electrons. The molecule has 0 saturated heterocycles. The van der Waals surface area contributed by atoms with E-state index in [9.17, 15) is 14.0 Å². The molecule has 0 atom stereocenters. The third-order valence-corrected chi connectivity index (χ3v) is 2.34. The number of anilines is 1. The van der Waals surface area contributed by atoms with Gasteiger partial charge < -0.3 is 16.2 Å². The quantitative estimate of drug-likeness (QED) is 0.528. The van der Waals surface area contributed by atoms with Gasteiger partial charge in [-0.15, -0.1) is 0 Å². The lowest BCUT2D eigenvalue weighted by atomic mass is 10.1. The van der Waals surface area contributed by atoms with E-state index in [1.54, 1.807) is 0 Å². The minimum absolute atomic E-state index is 0.0616. The number of carboxylic acids is 1. The summed E-state index contributed by atoms with van der Waals surface area (Å²) in [6.07, 6.45) is 1.07. The van der Waals surface area contributed by atoms with Crippen LogP contribution in [-0.2, 0) is 4.79 Å². The van der Waals surface area contributed by atoms with Crippen molar-refractivity contribution in [3.8, 4) is 0 Å². The fourth-order valence-electron chi connectivity index (χ4n) is 1.41. The van der Waals surface area contributed by atoms with E-state index >= 15 is 0 Å². The minimum Gasteiger partial charge on any atom is -0.481 e. The SMILES string of the molecule is Nc1ccc(C(=O)NCCCCC(=O)O)c(F)c1. The fraction of sp³-hybridized carbons (Fsp3) is 0.333. The van der Waals surface area contributed by atoms with E-state index in [4.69, 9.17) is 10.8 Å². The molecule has 0 saturated carbocycles. The number of hydrogen-bond donors (Lipinski definition) is 3. The number of nitrogens with one attached hydrogen (secondary N) is 1. The monoisotopic (exact) mass is 254 g/mol. The molecule has 0 aliphatic carbocycles. The summed E-state index contributed by atoms with van der Waals surface area (Å²) in [5.41, 5.74) is 5.56. The van der Waals surface area contributed by atoms with Gasteiger partial charge in [-0.25, -0.2) is 4.39 Å². The minimum atomic E-state index is -0.870. The Labute approximate surface area is 104 Å². The maximum atomic E-state index is 13.4. The third kappa shape index (κ3) is 4.40. The highest BCUT2D eigenvalue weighted by molar-refractivity contribution is 5.94. The molecule has 6 heteroatoms. The zero-order chi connectivity index (χ0) is 13.5. The summed E-state index contributed by atoms with van der Waals surface area (Å²) in [6.45, 7) is 0.315. The van der Waals surface area contributed by atoms with E-state index in [2.05, 4.69) is 5.32 Å². The summed E-state index contributed by atoms with van der Waals surface area (Å²) < 4.78 is 13.4. The fourth-order valence-corrected chi connectivity index (χ4v) is 1.41. The van der Waals surface area contributed by atoms with Crippen LogP contribution in [0.5, 0.6) is 0 Å². The molecule has 0 aliphatic rings. The van der Waals surface area contributed by atoms with Gasteiger partial charge in [-0.3, -0.25) is 9.59 Å². The lowest BCUT2D eigenvalue weighted by Gasteiger charge is -2.06. The maximum absolute atomic E-state index is 13.4. The van der Waals surface area contributed by atoms with Gasteiger partial charge in [-0.1, -0.05) is 0 Å². The van der Waals surface area contributed by atoms with Crippen LogP contribution in [0.15, 0.2) is 18.2 Å². The Morgan fingerprint density at radius 3 is 2.67 bits per heavy atom. The maximum Gasteiger partial charge on any atom is 0.303 e. The van der Waals surface area contributed by atoms with Crippen LogP contribution in [-0.4, -0.2) is 23.5 Å². The normalized spacial score (nSPS) is 10.1. The largest absolute Gasteiger partial charge is 0.481 e. The summed E-state index contributed by atoms with van der Waals surface area (Å²) in [5.74, 6) is -2.06. The van der Waals surface area contributed by atoms with Crippen LogP contribution in [0.4, 0.5) is 10.1 Å². The first-order chi connectivity index (χ1) is 8.50. The van der Waals surface area contributed by atoms with E-state index in [1.807, 2.05) is 0 Å². The second-order valence-electron chi connectivity index (χ2n) is 3.85.